The molecule has 0 atom stereocenters. The molecule has 26 heavy (non-hydrogen) atoms. The topological polar surface area (TPSA) is 52.8 Å². The summed E-state index contributed by atoms with van der Waals surface area (Å²) in [4.78, 5) is 7.42. The first-order valence-corrected chi connectivity index (χ1v) is 9.34. The first kappa shape index (κ1) is 16.9. The molecule has 0 radical (unpaired) electrons. The highest BCUT2D eigenvalue weighted by Gasteiger charge is 2.21. The lowest BCUT2D eigenvalue weighted by Gasteiger charge is -2.32. The fourth-order valence-electron chi connectivity index (χ4n) is 3.33. The van der Waals surface area contributed by atoms with Crippen molar-refractivity contribution in [2.75, 3.05) is 31.1 Å². The predicted octanol–water partition coefficient (Wildman–Crippen LogP) is 0.973. The van der Waals surface area contributed by atoms with E-state index in [4.69, 9.17) is 16.6 Å². The molecule has 2 aromatic heterocycles. The number of aromatic amines is 1. The molecule has 0 spiro atoms. The van der Waals surface area contributed by atoms with Crippen molar-refractivity contribution in [3.8, 4) is 0 Å². The average molecular weight is 369 g/mol. The summed E-state index contributed by atoms with van der Waals surface area (Å²) < 4.78 is 7.52. The Balaban J connectivity index is 1.36. The third kappa shape index (κ3) is 4.00. The zero-order valence-electron chi connectivity index (χ0n) is 14.6. The number of hydrogen-bond donors (Lipinski definition) is 1. The van der Waals surface area contributed by atoms with Crippen LogP contribution in [0.3, 0.4) is 0 Å². The minimum atomic E-state index is 0.462. The molecule has 1 saturated heterocycles. The van der Waals surface area contributed by atoms with Crippen molar-refractivity contribution in [2.24, 2.45) is 0 Å². The van der Waals surface area contributed by atoms with Crippen LogP contribution in [0.1, 0.15) is 11.5 Å². The molecule has 4 rings (SSSR count). The SMILES string of the molecule is S=c1oc(Cc2ccccc2)nn1C[NH+]1CCN(c2cc[nH+]cc2)CC1. The summed E-state index contributed by atoms with van der Waals surface area (Å²) in [6.07, 6.45) is 4.61. The zero-order valence-corrected chi connectivity index (χ0v) is 15.4. The Bertz CT molecular complexity index is 885. The van der Waals surface area contributed by atoms with E-state index >= 15 is 0 Å². The van der Waals surface area contributed by atoms with E-state index in [0.29, 0.717) is 17.1 Å². The number of piperazine rings is 1. The second kappa shape index (κ2) is 7.80. The van der Waals surface area contributed by atoms with Crippen LogP contribution in [0.2, 0.25) is 0 Å². The van der Waals surface area contributed by atoms with Crippen LogP contribution in [-0.2, 0) is 13.1 Å². The lowest BCUT2D eigenvalue weighted by atomic mass is 10.2. The van der Waals surface area contributed by atoms with E-state index in [1.807, 2.05) is 35.3 Å². The van der Waals surface area contributed by atoms with Gasteiger partial charge in [-0.15, -0.1) is 5.10 Å². The quantitative estimate of drug-likeness (QED) is 0.681. The Morgan fingerprint density at radius 2 is 1.81 bits per heavy atom. The fraction of sp³-hybridized carbons (Fsp3) is 0.316. The fourth-order valence-corrected chi connectivity index (χ4v) is 3.53. The summed E-state index contributed by atoms with van der Waals surface area (Å²) in [5.41, 5.74) is 2.45. The standard InChI is InChI=1S/C19H21N5OS/c26-19-24(21-18(25-19)14-16-4-2-1-3-5-16)15-22-10-12-23(13-11-22)17-6-8-20-9-7-17/h1-9H,10-15H2/p+2. The van der Waals surface area contributed by atoms with Gasteiger partial charge in [-0.3, -0.25) is 0 Å². The molecular weight excluding hydrogens is 346 g/mol. The Morgan fingerprint density at radius 3 is 2.54 bits per heavy atom. The van der Waals surface area contributed by atoms with E-state index in [2.05, 4.69) is 39.2 Å². The summed E-state index contributed by atoms with van der Waals surface area (Å²) in [6, 6.07) is 14.4. The van der Waals surface area contributed by atoms with Gasteiger partial charge in [-0.05, 0) is 17.8 Å². The van der Waals surface area contributed by atoms with E-state index in [1.54, 1.807) is 0 Å². The van der Waals surface area contributed by atoms with Crippen LogP contribution in [0.15, 0.2) is 59.3 Å². The summed E-state index contributed by atoms with van der Waals surface area (Å²) in [5.74, 6) is 0.680. The van der Waals surface area contributed by atoms with Gasteiger partial charge in [0, 0.05) is 17.8 Å². The zero-order chi connectivity index (χ0) is 17.8. The monoisotopic (exact) mass is 369 g/mol. The lowest BCUT2D eigenvalue weighted by Crippen LogP contribution is -3.14. The molecule has 0 bridgehead atoms. The number of nitrogens with zero attached hydrogens (tertiary/aromatic N) is 3. The number of benzene rings is 1. The molecule has 0 amide bonds. The second-order valence-electron chi connectivity index (χ2n) is 6.58. The smallest absolute Gasteiger partial charge is 0.291 e. The largest absolute Gasteiger partial charge is 0.413 e. The van der Waals surface area contributed by atoms with Gasteiger partial charge in [-0.25, -0.2) is 4.98 Å². The molecule has 7 heteroatoms. The van der Waals surface area contributed by atoms with Gasteiger partial charge in [-0.1, -0.05) is 30.3 Å². The highest BCUT2D eigenvalue weighted by atomic mass is 32.1. The third-order valence-corrected chi connectivity index (χ3v) is 5.05. The van der Waals surface area contributed by atoms with E-state index in [0.717, 1.165) is 32.8 Å². The number of H-pyrrole nitrogens is 1. The molecule has 3 heterocycles. The Labute approximate surface area is 157 Å². The normalized spacial score (nSPS) is 15.3. The number of quaternary nitrogens is 1. The van der Waals surface area contributed by atoms with Crippen molar-refractivity contribution in [1.82, 2.24) is 9.78 Å². The Kier molecular flexibility index (Phi) is 5.08. The molecule has 0 unspecified atom stereocenters. The van der Waals surface area contributed by atoms with Gasteiger partial charge in [0.2, 0.25) is 5.89 Å². The number of pyridine rings is 1. The van der Waals surface area contributed by atoms with E-state index < -0.39 is 0 Å². The molecule has 0 saturated carbocycles. The minimum Gasteiger partial charge on any atom is -0.413 e. The summed E-state index contributed by atoms with van der Waals surface area (Å²) in [6.45, 7) is 4.93. The molecule has 134 valence electrons. The van der Waals surface area contributed by atoms with Gasteiger partial charge in [0.25, 0.3) is 4.84 Å². The summed E-state index contributed by atoms with van der Waals surface area (Å²) >= 11 is 5.36. The number of nitrogens with one attached hydrogen (secondary N) is 2. The molecule has 1 aromatic carbocycles. The van der Waals surface area contributed by atoms with Crippen LogP contribution in [-0.4, -0.2) is 36.0 Å². The number of rotatable bonds is 5. The van der Waals surface area contributed by atoms with Gasteiger partial charge in [0.1, 0.15) is 0 Å². The first-order chi connectivity index (χ1) is 12.8. The van der Waals surface area contributed by atoms with Crippen molar-refractivity contribution in [1.29, 1.82) is 0 Å². The molecule has 6 nitrogen and oxygen atoms in total. The van der Waals surface area contributed by atoms with Crippen molar-refractivity contribution >= 4 is 17.9 Å². The number of aromatic nitrogens is 3. The van der Waals surface area contributed by atoms with Crippen LogP contribution in [0.25, 0.3) is 0 Å². The van der Waals surface area contributed by atoms with Gasteiger partial charge in [-0.2, -0.15) is 4.68 Å². The maximum absolute atomic E-state index is 5.69. The van der Waals surface area contributed by atoms with Crippen LogP contribution in [0.5, 0.6) is 0 Å². The van der Waals surface area contributed by atoms with Gasteiger partial charge < -0.3 is 14.2 Å². The Morgan fingerprint density at radius 1 is 1.08 bits per heavy atom. The molecule has 1 aliphatic rings. The van der Waals surface area contributed by atoms with Crippen molar-refractivity contribution in [2.45, 2.75) is 13.1 Å². The van der Waals surface area contributed by atoms with E-state index in [1.165, 1.54) is 16.2 Å². The predicted molar refractivity (Wildman–Crippen MR) is 100 cm³/mol. The van der Waals surface area contributed by atoms with Crippen molar-refractivity contribution in [3.05, 3.63) is 71.1 Å². The maximum Gasteiger partial charge on any atom is 0.291 e. The summed E-state index contributed by atoms with van der Waals surface area (Å²) in [7, 11) is 0. The molecule has 0 aliphatic carbocycles. The van der Waals surface area contributed by atoms with Gasteiger partial charge >= 0.3 is 0 Å². The average Bonchev–Trinajstić information content (AvgIpc) is 3.03. The summed E-state index contributed by atoms with van der Waals surface area (Å²) in [5, 5.41) is 4.58. The molecule has 1 fully saturated rings. The van der Waals surface area contributed by atoms with E-state index in [9.17, 15) is 0 Å². The van der Waals surface area contributed by atoms with Gasteiger partial charge in [0.15, 0.2) is 19.1 Å². The minimum absolute atomic E-state index is 0.462. The van der Waals surface area contributed by atoms with Crippen LogP contribution < -0.4 is 14.8 Å². The Hall–Kier alpha value is -2.51. The second-order valence-corrected chi connectivity index (χ2v) is 6.93. The molecule has 1 aliphatic heterocycles. The van der Waals surface area contributed by atoms with E-state index in [-0.39, 0.29) is 0 Å². The number of hydrogen-bond acceptors (Lipinski definition) is 4. The highest BCUT2D eigenvalue weighted by molar-refractivity contribution is 7.71. The third-order valence-electron chi connectivity index (χ3n) is 4.76. The highest BCUT2D eigenvalue weighted by Crippen LogP contribution is 2.11. The van der Waals surface area contributed by atoms with Gasteiger partial charge in [0.05, 0.1) is 32.6 Å². The maximum atomic E-state index is 5.69. The van der Waals surface area contributed by atoms with Crippen LogP contribution >= 0.6 is 12.2 Å². The van der Waals surface area contributed by atoms with Crippen LogP contribution in [0, 0.1) is 4.84 Å². The lowest BCUT2D eigenvalue weighted by molar-refractivity contribution is -0.924. The molecule has 2 N–H and O–H groups in total. The first-order valence-electron chi connectivity index (χ1n) is 8.93. The molecular formula is C19H23N5OS+2. The van der Waals surface area contributed by atoms with Crippen molar-refractivity contribution < 1.29 is 14.3 Å². The number of anilines is 1. The van der Waals surface area contributed by atoms with Crippen LogP contribution in [0.4, 0.5) is 5.69 Å². The molecule has 3 aromatic rings. The van der Waals surface area contributed by atoms with Crippen molar-refractivity contribution in [3.63, 3.8) is 0 Å².